The van der Waals surface area contributed by atoms with Gasteiger partial charge in [0.25, 0.3) is 5.91 Å². The average Bonchev–Trinajstić information content (AvgIpc) is 3.15. The van der Waals surface area contributed by atoms with Crippen molar-refractivity contribution in [1.29, 1.82) is 0 Å². The number of hydrogen-bond donors (Lipinski definition) is 1. The molecule has 4 rings (SSSR count). The lowest BCUT2D eigenvalue weighted by Gasteiger charge is -2.26. The number of anilines is 2. The normalized spacial score (nSPS) is 15.9. The highest BCUT2D eigenvalue weighted by Gasteiger charge is 2.34. The molecule has 0 unspecified atom stereocenters. The maximum atomic E-state index is 12.7. The van der Waals surface area contributed by atoms with Crippen molar-refractivity contribution in [2.45, 2.75) is 32.6 Å². The molecule has 5 heteroatoms. The molecule has 1 aliphatic heterocycles. The first-order valence-corrected chi connectivity index (χ1v) is 11.5. The molecule has 0 bridgehead atoms. The predicted octanol–water partition coefficient (Wildman–Crippen LogP) is 5.90. The molecule has 0 radical (unpaired) electrons. The molecule has 1 fully saturated rings. The summed E-state index contributed by atoms with van der Waals surface area (Å²) in [5.74, 6) is 0.409. The van der Waals surface area contributed by atoms with E-state index in [0.717, 1.165) is 28.9 Å². The van der Waals surface area contributed by atoms with Gasteiger partial charge in [0, 0.05) is 16.9 Å². The van der Waals surface area contributed by atoms with Crippen LogP contribution in [0.3, 0.4) is 0 Å². The Kier molecular flexibility index (Phi) is 6.14. The molecule has 0 aliphatic carbocycles. The van der Waals surface area contributed by atoms with Crippen molar-refractivity contribution in [3.8, 4) is 0 Å². The van der Waals surface area contributed by atoms with Crippen LogP contribution in [0.15, 0.2) is 66.7 Å². The highest BCUT2D eigenvalue weighted by molar-refractivity contribution is 8.00. The first-order chi connectivity index (χ1) is 15.0. The van der Waals surface area contributed by atoms with E-state index >= 15 is 0 Å². The molecule has 3 aromatic rings. The minimum Gasteiger partial charge on any atom is -0.322 e. The molecule has 1 N–H and O–H groups in total. The average molecular weight is 431 g/mol. The quantitative estimate of drug-likeness (QED) is 0.548. The minimum atomic E-state index is -0.138. The Hall–Kier alpha value is -3.05. The summed E-state index contributed by atoms with van der Waals surface area (Å²) in [6.45, 7) is 6.18. The number of nitrogens with one attached hydrogen (secondary N) is 1. The molecular formula is C26H26N2O2S. The number of thioether (sulfide) groups is 1. The standard InChI is InChI=1S/C26H26N2O2S/c1-4-19-9-11-20(12-10-19)25(30)27-22-7-5-6-21(15-22)26-28(24(29)16-31-26)23-13-8-17(2)14-18(23)3/h5-15,26H,4,16H2,1-3H3,(H,27,30)/t26-/m1/s1. The fourth-order valence-electron chi connectivity index (χ4n) is 3.87. The Labute approximate surface area is 187 Å². The number of rotatable bonds is 5. The van der Waals surface area contributed by atoms with Gasteiger partial charge in [-0.1, -0.05) is 48.9 Å². The molecule has 0 spiro atoms. The summed E-state index contributed by atoms with van der Waals surface area (Å²) in [5, 5.41) is 2.88. The number of amides is 2. The molecule has 1 aliphatic rings. The lowest BCUT2D eigenvalue weighted by atomic mass is 10.1. The lowest BCUT2D eigenvalue weighted by Crippen LogP contribution is -2.28. The molecule has 0 saturated carbocycles. The van der Waals surface area contributed by atoms with Gasteiger partial charge in [-0.05, 0) is 67.3 Å². The third-order valence-corrected chi connectivity index (χ3v) is 6.75. The van der Waals surface area contributed by atoms with Crippen molar-refractivity contribution in [2.24, 2.45) is 0 Å². The lowest BCUT2D eigenvalue weighted by molar-refractivity contribution is -0.115. The Bertz CT molecular complexity index is 1120. The van der Waals surface area contributed by atoms with Crippen LogP contribution in [0.2, 0.25) is 0 Å². The molecular weight excluding hydrogens is 404 g/mol. The van der Waals surface area contributed by atoms with Gasteiger partial charge in [-0.15, -0.1) is 11.8 Å². The Morgan fingerprint density at radius 3 is 2.55 bits per heavy atom. The summed E-state index contributed by atoms with van der Waals surface area (Å²) < 4.78 is 0. The van der Waals surface area contributed by atoms with Gasteiger partial charge in [0.2, 0.25) is 5.91 Å². The van der Waals surface area contributed by atoms with Crippen LogP contribution in [0, 0.1) is 13.8 Å². The highest BCUT2D eigenvalue weighted by atomic mass is 32.2. The largest absolute Gasteiger partial charge is 0.322 e. The first kappa shape index (κ1) is 21.2. The summed E-state index contributed by atoms with van der Waals surface area (Å²) >= 11 is 1.61. The second-order valence-corrected chi connectivity index (χ2v) is 8.92. The molecule has 1 saturated heterocycles. The Morgan fingerprint density at radius 1 is 1.06 bits per heavy atom. The fourth-order valence-corrected chi connectivity index (χ4v) is 5.03. The predicted molar refractivity (Wildman–Crippen MR) is 129 cm³/mol. The monoisotopic (exact) mass is 430 g/mol. The summed E-state index contributed by atoms with van der Waals surface area (Å²) in [5.41, 5.74) is 6.75. The second kappa shape index (κ2) is 8.98. The van der Waals surface area contributed by atoms with E-state index in [0.29, 0.717) is 11.3 Å². The van der Waals surface area contributed by atoms with E-state index in [1.807, 2.05) is 72.5 Å². The molecule has 0 aromatic heterocycles. The van der Waals surface area contributed by atoms with Crippen LogP contribution in [0.5, 0.6) is 0 Å². The second-order valence-electron chi connectivity index (χ2n) is 7.85. The van der Waals surface area contributed by atoms with Crippen LogP contribution in [-0.4, -0.2) is 17.6 Å². The maximum absolute atomic E-state index is 12.7. The van der Waals surface area contributed by atoms with Crippen molar-refractivity contribution < 1.29 is 9.59 Å². The van der Waals surface area contributed by atoms with Crippen LogP contribution >= 0.6 is 11.8 Å². The van der Waals surface area contributed by atoms with Gasteiger partial charge < -0.3 is 5.32 Å². The van der Waals surface area contributed by atoms with Gasteiger partial charge in [0.05, 0.1) is 5.75 Å². The van der Waals surface area contributed by atoms with Crippen molar-refractivity contribution in [2.75, 3.05) is 16.0 Å². The highest BCUT2D eigenvalue weighted by Crippen LogP contribution is 2.43. The van der Waals surface area contributed by atoms with Crippen LogP contribution in [0.1, 0.15) is 44.9 Å². The van der Waals surface area contributed by atoms with E-state index in [1.54, 1.807) is 11.8 Å². The number of nitrogens with zero attached hydrogens (tertiary/aromatic N) is 1. The van der Waals surface area contributed by atoms with Gasteiger partial charge in [0.1, 0.15) is 5.37 Å². The van der Waals surface area contributed by atoms with Gasteiger partial charge in [-0.25, -0.2) is 0 Å². The smallest absolute Gasteiger partial charge is 0.255 e. The fraction of sp³-hybridized carbons (Fsp3) is 0.231. The molecule has 4 nitrogen and oxygen atoms in total. The topological polar surface area (TPSA) is 49.4 Å². The third kappa shape index (κ3) is 4.52. The summed E-state index contributed by atoms with van der Waals surface area (Å²) in [6, 6.07) is 21.6. The van der Waals surface area contributed by atoms with Crippen LogP contribution in [0.25, 0.3) is 0 Å². The van der Waals surface area contributed by atoms with Gasteiger partial charge in [-0.2, -0.15) is 0 Å². The zero-order chi connectivity index (χ0) is 22.0. The van der Waals surface area contributed by atoms with E-state index in [2.05, 4.69) is 25.2 Å². The van der Waals surface area contributed by atoms with Crippen LogP contribution in [-0.2, 0) is 11.2 Å². The van der Waals surface area contributed by atoms with Crippen molar-refractivity contribution in [1.82, 2.24) is 0 Å². The molecule has 1 atom stereocenters. The van der Waals surface area contributed by atoms with Gasteiger partial charge in [0.15, 0.2) is 0 Å². The minimum absolute atomic E-state index is 0.104. The van der Waals surface area contributed by atoms with Crippen molar-refractivity contribution in [3.05, 3.63) is 94.5 Å². The zero-order valence-corrected chi connectivity index (χ0v) is 18.8. The number of carbonyl (C=O) groups excluding carboxylic acids is 2. The van der Waals surface area contributed by atoms with Crippen molar-refractivity contribution >= 4 is 35.0 Å². The summed E-state index contributed by atoms with van der Waals surface area (Å²) in [7, 11) is 0. The van der Waals surface area contributed by atoms with E-state index in [-0.39, 0.29) is 17.2 Å². The van der Waals surface area contributed by atoms with Crippen LogP contribution < -0.4 is 10.2 Å². The van der Waals surface area contributed by atoms with E-state index in [4.69, 9.17) is 0 Å². The van der Waals surface area contributed by atoms with Crippen LogP contribution in [0.4, 0.5) is 11.4 Å². The third-order valence-electron chi connectivity index (χ3n) is 5.53. The van der Waals surface area contributed by atoms with Gasteiger partial charge in [-0.3, -0.25) is 14.5 Å². The number of hydrogen-bond acceptors (Lipinski definition) is 3. The maximum Gasteiger partial charge on any atom is 0.255 e. The van der Waals surface area contributed by atoms with E-state index in [9.17, 15) is 9.59 Å². The molecule has 2 amide bonds. The van der Waals surface area contributed by atoms with Gasteiger partial charge >= 0.3 is 0 Å². The Morgan fingerprint density at radius 2 is 1.84 bits per heavy atom. The molecule has 1 heterocycles. The molecule has 158 valence electrons. The Balaban J connectivity index is 1.58. The number of benzene rings is 3. The van der Waals surface area contributed by atoms with E-state index < -0.39 is 0 Å². The molecule has 31 heavy (non-hydrogen) atoms. The summed E-state index contributed by atoms with van der Waals surface area (Å²) in [4.78, 5) is 27.3. The first-order valence-electron chi connectivity index (χ1n) is 10.5. The SMILES string of the molecule is CCc1ccc(C(=O)Nc2cccc([C@H]3SCC(=O)N3c3ccc(C)cc3C)c2)cc1. The summed E-state index contributed by atoms with van der Waals surface area (Å²) in [6.07, 6.45) is 0.943. The number of aryl methyl sites for hydroxylation is 3. The zero-order valence-electron chi connectivity index (χ0n) is 18.0. The van der Waals surface area contributed by atoms with E-state index in [1.165, 1.54) is 11.1 Å². The molecule has 3 aromatic carbocycles. The van der Waals surface area contributed by atoms with Crippen molar-refractivity contribution in [3.63, 3.8) is 0 Å². The number of carbonyl (C=O) groups is 2.